The maximum Gasteiger partial charge on any atom is 0.271 e. The van der Waals surface area contributed by atoms with Crippen molar-refractivity contribution in [1.29, 1.82) is 0 Å². The molecule has 4 aliphatic carbocycles. The van der Waals surface area contributed by atoms with Gasteiger partial charge in [0, 0.05) is 22.8 Å². The van der Waals surface area contributed by atoms with Crippen molar-refractivity contribution in [1.82, 2.24) is 14.7 Å². The summed E-state index contributed by atoms with van der Waals surface area (Å²) in [6.45, 7) is 2.05. The number of amides is 1. The Morgan fingerprint density at radius 2 is 1.91 bits per heavy atom. The van der Waals surface area contributed by atoms with Crippen molar-refractivity contribution in [2.24, 2.45) is 17.8 Å². The molecule has 0 radical (unpaired) electrons. The molecule has 1 N–H and O–H groups in total. The summed E-state index contributed by atoms with van der Waals surface area (Å²) in [5.41, 5.74) is 1.78. The van der Waals surface area contributed by atoms with E-state index in [2.05, 4.69) is 15.7 Å². The molecule has 22 heavy (non-hydrogen) atoms. The van der Waals surface area contributed by atoms with Gasteiger partial charge in [-0.25, -0.2) is 4.98 Å². The van der Waals surface area contributed by atoms with Crippen LogP contribution in [0.4, 0.5) is 0 Å². The van der Waals surface area contributed by atoms with Crippen molar-refractivity contribution in [3.05, 3.63) is 23.0 Å². The summed E-state index contributed by atoms with van der Waals surface area (Å²) in [6, 6.07) is 0. The molecule has 6 rings (SSSR count). The number of thiazole rings is 1. The van der Waals surface area contributed by atoms with Gasteiger partial charge in [-0.2, -0.15) is 0 Å². The molecule has 2 aromatic rings. The molecule has 0 atom stereocenters. The monoisotopic (exact) mass is 315 g/mol. The molecule has 4 fully saturated rings. The van der Waals surface area contributed by atoms with E-state index >= 15 is 0 Å². The van der Waals surface area contributed by atoms with Crippen molar-refractivity contribution >= 4 is 22.2 Å². The highest BCUT2D eigenvalue weighted by Crippen LogP contribution is 2.55. The molecular formula is C17H21N3OS. The van der Waals surface area contributed by atoms with Crippen molar-refractivity contribution in [2.75, 3.05) is 0 Å². The second kappa shape index (κ2) is 4.34. The Morgan fingerprint density at radius 3 is 2.50 bits per heavy atom. The molecule has 0 saturated heterocycles. The van der Waals surface area contributed by atoms with Crippen LogP contribution in [0.1, 0.15) is 54.7 Å². The molecule has 4 aliphatic rings. The largest absolute Gasteiger partial charge is 0.345 e. The fourth-order valence-corrected chi connectivity index (χ4v) is 6.42. The fourth-order valence-electron chi connectivity index (χ4n) is 5.57. The lowest BCUT2D eigenvalue weighted by Gasteiger charge is -2.56. The van der Waals surface area contributed by atoms with Gasteiger partial charge in [-0.05, 0) is 63.2 Å². The summed E-state index contributed by atoms with van der Waals surface area (Å²) >= 11 is 1.59. The Labute approximate surface area is 133 Å². The number of imidazole rings is 1. The lowest BCUT2D eigenvalue weighted by atomic mass is 9.53. The molecule has 2 aromatic heterocycles. The second-order valence-electron chi connectivity index (χ2n) is 7.81. The Balaban J connectivity index is 1.42. The van der Waals surface area contributed by atoms with Crippen LogP contribution in [0.2, 0.25) is 0 Å². The molecule has 4 bridgehead atoms. The van der Waals surface area contributed by atoms with Crippen LogP contribution in [0.25, 0.3) is 4.96 Å². The average Bonchev–Trinajstić information content (AvgIpc) is 2.99. The maximum absolute atomic E-state index is 12.7. The summed E-state index contributed by atoms with van der Waals surface area (Å²) in [5.74, 6) is 2.56. The second-order valence-corrected chi connectivity index (χ2v) is 8.64. The van der Waals surface area contributed by atoms with Crippen LogP contribution in [-0.4, -0.2) is 20.8 Å². The normalized spacial score (nSPS) is 36.1. The number of hydrogen-bond donors (Lipinski definition) is 1. The zero-order valence-corrected chi connectivity index (χ0v) is 13.7. The Bertz CT molecular complexity index is 724. The van der Waals surface area contributed by atoms with Crippen molar-refractivity contribution in [2.45, 2.75) is 51.0 Å². The smallest absolute Gasteiger partial charge is 0.271 e. The van der Waals surface area contributed by atoms with Gasteiger partial charge in [0.05, 0.1) is 0 Å². The van der Waals surface area contributed by atoms with E-state index in [-0.39, 0.29) is 11.4 Å². The van der Waals surface area contributed by atoms with Crippen molar-refractivity contribution in [3.63, 3.8) is 0 Å². The number of carbonyl (C=O) groups is 1. The maximum atomic E-state index is 12.7. The van der Waals surface area contributed by atoms with Gasteiger partial charge in [-0.3, -0.25) is 9.20 Å². The number of aromatic nitrogens is 2. The molecule has 2 heterocycles. The lowest BCUT2D eigenvalue weighted by molar-refractivity contribution is -0.0167. The average molecular weight is 315 g/mol. The van der Waals surface area contributed by atoms with E-state index in [1.54, 1.807) is 11.3 Å². The number of hydrogen-bond acceptors (Lipinski definition) is 3. The van der Waals surface area contributed by atoms with Crippen LogP contribution in [0.15, 0.2) is 11.6 Å². The third-order valence-electron chi connectivity index (χ3n) is 6.04. The lowest BCUT2D eigenvalue weighted by Crippen LogP contribution is -2.59. The number of carbonyl (C=O) groups excluding carboxylic acids is 1. The number of fused-ring (bicyclic) bond motifs is 1. The number of nitrogens with zero attached hydrogens (tertiary/aromatic N) is 2. The Hall–Kier alpha value is -1.36. The van der Waals surface area contributed by atoms with E-state index in [9.17, 15) is 4.79 Å². The minimum atomic E-state index is 0.0252. The Morgan fingerprint density at radius 1 is 1.27 bits per heavy atom. The van der Waals surface area contributed by atoms with E-state index in [0.717, 1.165) is 28.4 Å². The summed E-state index contributed by atoms with van der Waals surface area (Å²) in [7, 11) is 0. The molecule has 0 unspecified atom stereocenters. The van der Waals surface area contributed by atoms with Crippen LogP contribution in [0.3, 0.4) is 0 Å². The van der Waals surface area contributed by atoms with Crippen LogP contribution < -0.4 is 5.32 Å². The number of aryl methyl sites for hydroxylation is 1. The van der Waals surface area contributed by atoms with Gasteiger partial charge in [0.25, 0.3) is 5.91 Å². The molecule has 0 spiro atoms. The highest BCUT2D eigenvalue weighted by atomic mass is 32.1. The zero-order valence-electron chi connectivity index (χ0n) is 12.8. The molecule has 1 amide bonds. The van der Waals surface area contributed by atoms with Gasteiger partial charge in [-0.1, -0.05) is 0 Å². The summed E-state index contributed by atoms with van der Waals surface area (Å²) < 4.78 is 2.01. The molecule has 0 aromatic carbocycles. The van der Waals surface area contributed by atoms with Crippen molar-refractivity contribution in [3.8, 4) is 0 Å². The highest BCUT2D eigenvalue weighted by Gasteiger charge is 2.51. The van der Waals surface area contributed by atoms with Gasteiger partial charge in [0.1, 0.15) is 5.69 Å². The van der Waals surface area contributed by atoms with Crippen LogP contribution in [0.5, 0.6) is 0 Å². The summed E-state index contributed by atoms with van der Waals surface area (Å²) in [6.07, 6.45) is 9.64. The molecule has 116 valence electrons. The van der Waals surface area contributed by atoms with Gasteiger partial charge in [0.2, 0.25) is 0 Å². The number of rotatable bonds is 2. The first-order valence-electron chi connectivity index (χ1n) is 8.36. The predicted octanol–water partition coefficient (Wildman–Crippen LogP) is 3.40. The van der Waals surface area contributed by atoms with Crippen molar-refractivity contribution < 1.29 is 4.79 Å². The van der Waals surface area contributed by atoms with Gasteiger partial charge >= 0.3 is 0 Å². The minimum Gasteiger partial charge on any atom is -0.345 e. The van der Waals surface area contributed by atoms with Crippen LogP contribution >= 0.6 is 11.3 Å². The zero-order chi connectivity index (χ0) is 14.9. The molecule has 0 aliphatic heterocycles. The van der Waals surface area contributed by atoms with Crippen LogP contribution in [-0.2, 0) is 0 Å². The first kappa shape index (κ1) is 13.1. The summed E-state index contributed by atoms with van der Waals surface area (Å²) in [5, 5.41) is 5.47. The molecule has 4 saturated carbocycles. The minimum absolute atomic E-state index is 0.0252. The predicted molar refractivity (Wildman–Crippen MR) is 86.2 cm³/mol. The standard InChI is InChI=1S/C17H21N3OS/c1-10-9-22-16-18-14(8-20(10)16)15(21)19-17-5-11-2-12(6-17)4-13(3-11)7-17/h8-9,11-13H,2-7H2,1H3,(H,19,21). The van der Waals surface area contributed by atoms with Gasteiger partial charge in [-0.15, -0.1) is 11.3 Å². The molecular weight excluding hydrogens is 294 g/mol. The topological polar surface area (TPSA) is 46.4 Å². The fraction of sp³-hybridized carbons (Fsp3) is 0.647. The van der Waals surface area contributed by atoms with E-state index in [1.165, 1.54) is 38.5 Å². The highest BCUT2D eigenvalue weighted by molar-refractivity contribution is 7.15. The molecule has 4 nitrogen and oxygen atoms in total. The quantitative estimate of drug-likeness (QED) is 0.923. The van der Waals surface area contributed by atoms with E-state index < -0.39 is 0 Å². The van der Waals surface area contributed by atoms with E-state index in [0.29, 0.717) is 5.69 Å². The third kappa shape index (κ3) is 1.87. The van der Waals surface area contributed by atoms with Gasteiger partial charge < -0.3 is 5.32 Å². The third-order valence-corrected chi connectivity index (χ3v) is 7.00. The Kier molecular flexibility index (Phi) is 2.59. The number of nitrogens with one attached hydrogen (secondary N) is 1. The van der Waals surface area contributed by atoms with Gasteiger partial charge in [0.15, 0.2) is 4.96 Å². The first-order chi connectivity index (χ1) is 10.6. The van der Waals surface area contributed by atoms with E-state index in [4.69, 9.17) is 0 Å². The summed E-state index contributed by atoms with van der Waals surface area (Å²) in [4.78, 5) is 18.1. The van der Waals surface area contributed by atoms with E-state index in [1.807, 2.05) is 17.5 Å². The van der Waals surface area contributed by atoms with Crippen LogP contribution in [0, 0.1) is 24.7 Å². The first-order valence-corrected chi connectivity index (χ1v) is 9.24. The molecule has 5 heteroatoms. The SMILES string of the molecule is Cc1csc2nc(C(=O)NC34CC5CC(CC(C5)C3)C4)cn12.